The van der Waals surface area contributed by atoms with Gasteiger partial charge in [0.15, 0.2) is 0 Å². The van der Waals surface area contributed by atoms with Crippen LogP contribution in [0.4, 0.5) is 0 Å². The van der Waals surface area contributed by atoms with Gasteiger partial charge in [-0.3, -0.25) is 4.79 Å². The first kappa shape index (κ1) is 12.3. The number of rotatable bonds is 3. The van der Waals surface area contributed by atoms with E-state index in [9.17, 15) is 4.79 Å². The molecular formula is C7H18N2O. The van der Waals surface area contributed by atoms with E-state index in [4.69, 9.17) is 11.5 Å². The van der Waals surface area contributed by atoms with Crippen molar-refractivity contribution in [3.8, 4) is 0 Å². The second-order valence-electron chi connectivity index (χ2n) is 2.05. The molecule has 0 aliphatic rings. The van der Waals surface area contributed by atoms with E-state index in [2.05, 4.69) is 6.92 Å². The fraction of sp³-hybridized carbons (Fsp3) is 0.857. The van der Waals surface area contributed by atoms with Crippen LogP contribution in [0.25, 0.3) is 0 Å². The fourth-order valence-electron chi connectivity index (χ4n) is 0.204. The third-order valence-corrected chi connectivity index (χ3v) is 0.845. The minimum atomic E-state index is 0.0324. The molecule has 0 aliphatic carbocycles. The van der Waals surface area contributed by atoms with Gasteiger partial charge in [0.05, 0.1) is 6.54 Å². The van der Waals surface area contributed by atoms with E-state index in [1.54, 1.807) is 0 Å². The molecule has 0 atom stereocenters. The molecule has 0 aromatic heterocycles. The molecule has 62 valence electrons. The van der Waals surface area contributed by atoms with Gasteiger partial charge in [0, 0.05) is 0 Å². The van der Waals surface area contributed by atoms with Crippen molar-refractivity contribution in [3.05, 3.63) is 0 Å². The van der Waals surface area contributed by atoms with Crippen molar-refractivity contribution in [2.45, 2.75) is 26.7 Å². The topological polar surface area (TPSA) is 69.1 Å². The summed E-state index contributed by atoms with van der Waals surface area (Å²) < 4.78 is 0. The van der Waals surface area contributed by atoms with E-state index in [0.29, 0.717) is 0 Å². The summed E-state index contributed by atoms with van der Waals surface area (Å²) in [5.41, 5.74) is 9.96. The van der Waals surface area contributed by atoms with E-state index >= 15 is 0 Å². The summed E-state index contributed by atoms with van der Waals surface area (Å²) in [6, 6.07) is 0. The van der Waals surface area contributed by atoms with Crippen LogP contribution in [0, 0.1) is 0 Å². The molecule has 3 heteroatoms. The van der Waals surface area contributed by atoms with Crippen molar-refractivity contribution in [2.75, 3.05) is 13.1 Å². The monoisotopic (exact) mass is 146 g/mol. The molecule has 0 rings (SSSR count). The Morgan fingerprint density at radius 1 is 1.40 bits per heavy atom. The molecule has 0 radical (unpaired) electrons. The number of hydrogen-bond acceptors (Lipinski definition) is 3. The molecule has 4 N–H and O–H groups in total. The highest BCUT2D eigenvalue weighted by Gasteiger charge is 1.76. The Morgan fingerprint density at radius 2 is 1.80 bits per heavy atom. The smallest absolute Gasteiger partial charge is 0.143 e. The third kappa shape index (κ3) is 25.6. The zero-order valence-electron chi connectivity index (χ0n) is 6.89. The molecule has 0 amide bonds. The van der Waals surface area contributed by atoms with Crippen LogP contribution in [0.1, 0.15) is 26.7 Å². The van der Waals surface area contributed by atoms with Crippen LogP contribution in [0.5, 0.6) is 0 Å². The van der Waals surface area contributed by atoms with Crippen molar-refractivity contribution < 1.29 is 4.79 Å². The highest BCUT2D eigenvalue weighted by Crippen LogP contribution is 1.77. The van der Waals surface area contributed by atoms with Crippen LogP contribution in [0.15, 0.2) is 0 Å². The Morgan fingerprint density at radius 3 is 1.80 bits per heavy atom. The Hall–Kier alpha value is -0.410. The normalized spacial score (nSPS) is 8.00. The number of carbonyl (C=O) groups excluding carboxylic acids is 1. The first-order valence-electron chi connectivity index (χ1n) is 3.58. The van der Waals surface area contributed by atoms with Crippen LogP contribution in [0.2, 0.25) is 0 Å². The Balaban J connectivity index is 0. The van der Waals surface area contributed by atoms with Crippen LogP contribution >= 0.6 is 0 Å². The molecule has 0 unspecified atom stereocenters. The lowest BCUT2D eigenvalue weighted by Crippen LogP contribution is -2.07. The summed E-state index contributed by atoms with van der Waals surface area (Å²) in [4.78, 5) is 9.69. The van der Waals surface area contributed by atoms with Gasteiger partial charge < -0.3 is 11.5 Å². The number of Topliss-reactive ketones (excluding diaryl/α,β-unsaturated/α-hetero) is 1. The maximum Gasteiger partial charge on any atom is 0.143 e. The predicted molar refractivity (Wildman–Crippen MR) is 43.7 cm³/mol. The van der Waals surface area contributed by atoms with Crippen molar-refractivity contribution in [3.63, 3.8) is 0 Å². The summed E-state index contributed by atoms with van der Waals surface area (Å²) in [5, 5.41) is 0. The van der Waals surface area contributed by atoms with Crippen molar-refractivity contribution in [2.24, 2.45) is 11.5 Å². The average Bonchev–Trinajstić information content (AvgIpc) is 1.91. The van der Waals surface area contributed by atoms with E-state index in [0.717, 1.165) is 6.54 Å². The molecular weight excluding hydrogens is 128 g/mol. The van der Waals surface area contributed by atoms with Gasteiger partial charge in [0.2, 0.25) is 0 Å². The van der Waals surface area contributed by atoms with E-state index in [-0.39, 0.29) is 12.3 Å². The lowest BCUT2D eigenvalue weighted by molar-refractivity contribution is -0.115. The minimum Gasteiger partial charge on any atom is -0.330 e. The van der Waals surface area contributed by atoms with Crippen LogP contribution in [-0.2, 0) is 4.79 Å². The molecule has 0 aliphatic heterocycles. The molecule has 0 aromatic rings. The van der Waals surface area contributed by atoms with Gasteiger partial charge in [-0.2, -0.15) is 0 Å². The Labute approximate surface area is 62.8 Å². The number of carbonyl (C=O) groups is 1. The van der Waals surface area contributed by atoms with Gasteiger partial charge in [-0.15, -0.1) is 0 Å². The average molecular weight is 146 g/mol. The largest absolute Gasteiger partial charge is 0.330 e. The molecule has 0 spiro atoms. The Kier molecular flexibility index (Phi) is 14.0. The molecule has 0 heterocycles. The minimum absolute atomic E-state index is 0.0324. The standard InChI is InChI=1S/C4H11N.C3H7NO/c1-2-3-4-5;1-3(5)2-4/h2-5H2,1H3;2,4H2,1H3. The summed E-state index contributed by atoms with van der Waals surface area (Å²) >= 11 is 0. The van der Waals surface area contributed by atoms with Crippen LogP contribution in [-0.4, -0.2) is 18.9 Å². The van der Waals surface area contributed by atoms with Gasteiger partial charge in [-0.25, -0.2) is 0 Å². The number of unbranched alkanes of at least 4 members (excludes halogenated alkanes) is 1. The number of ketones is 1. The quantitative estimate of drug-likeness (QED) is 0.601. The summed E-state index contributed by atoms with van der Waals surface area (Å²) in [7, 11) is 0. The molecule has 10 heavy (non-hydrogen) atoms. The highest BCUT2D eigenvalue weighted by atomic mass is 16.1. The van der Waals surface area contributed by atoms with Crippen LogP contribution in [0.3, 0.4) is 0 Å². The second-order valence-corrected chi connectivity index (χ2v) is 2.05. The van der Waals surface area contributed by atoms with Gasteiger partial charge >= 0.3 is 0 Å². The lowest BCUT2D eigenvalue weighted by atomic mass is 10.3. The van der Waals surface area contributed by atoms with Crippen LogP contribution < -0.4 is 11.5 Å². The predicted octanol–water partition coefficient (Wildman–Crippen LogP) is 0.279. The summed E-state index contributed by atoms with van der Waals surface area (Å²) in [5.74, 6) is 0.0324. The number of nitrogens with two attached hydrogens (primary N) is 2. The van der Waals surface area contributed by atoms with Crippen molar-refractivity contribution in [1.29, 1.82) is 0 Å². The molecule has 3 nitrogen and oxygen atoms in total. The molecule has 0 saturated carbocycles. The second kappa shape index (κ2) is 11.4. The van der Waals surface area contributed by atoms with E-state index < -0.39 is 0 Å². The van der Waals surface area contributed by atoms with Gasteiger partial charge in [-0.1, -0.05) is 13.3 Å². The first-order chi connectivity index (χ1) is 4.68. The lowest BCUT2D eigenvalue weighted by Gasteiger charge is -1.80. The maximum absolute atomic E-state index is 9.69. The van der Waals surface area contributed by atoms with Gasteiger partial charge in [0.25, 0.3) is 0 Å². The third-order valence-electron chi connectivity index (χ3n) is 0.845. The Bertz CT molecular complexity index is 72.0. The maximum atomic E-state index is 9.69. The zero-order valence-corrected chi connectivity index (χ0v) is 6.89. The highest BCUT2D eigenvalue weighted by molar-refractivity contribution is 5.77. The van der Waals surface area contributed by atoms with Crippen molar-refractivity contribution in [1.82, 2.24) is 0 Å². The first-order valence-corrected chi connectivity index (χ1v) is 3.58. The SMILES string of the molecule is CC(=O)CN.CCCCN. The molecule has 0 bridgehead atoms. The van der Waals surface area contributed by atoms with E-state index in [1.807, 2.05) is 0 Å². The summed E-state index contributed by atoms with van der Waals surface area (Å²) in [6.07, 6.45) is 2.39. The fourth-order valence-corrected chi connectivity index (χ4v) is 0.204. The van der Waals surface area contributed by atoms with Gasteiger partial charge in [-0.05, 0) is 19.9 Å². The van der Waals surface area contributed by atoms with E-state index in [1.165, 1.54) is 19.8 Å². The zero-order chi connectivity index (χ0) is 8.41. The van der Waals surface area contributed by atoms with Crippen molar-refractivity contribution >= 4 is 5.78 Å². The summed E-state index contributed by atoms with van der Waals surface area (Å²) in [6.45, 7) is 4.60. The van der Waals surface area contributed by atoms with Gasteiger partial charge in [0.1, 0.15) is 5.78 Å². The molecule has 0 fully saturated rings. The molecule has 0 aromatic carbocycles. The molecule has 0 saturated heterocycles. The number of hydrogen-bond donors (Lipinski definition) is 2.